The number of alkyl halides is 3. The summed E-state index contributed by atoms with van der Waals surface area (Å²) in [6.45, 7) is 8.30. The van der Waals surface area contributed by atoms with Gasteiger partial charge in [-0.05, 0) is 68.9 Å². The number of rotatable bonds is 14. The number of pyridine rings is 1. The third-order valence-corrected chi connectivity index (χ3v) is 12.1. The van der Waals surface area contributed by atoms with E-state index < -0.39 is 99.9 Å². The summed E-state index contributed by atoms with van der Waals surface area (Å²) in [6, 6.07) is 3.71. The van der Waals surface area contributed by atoms with Gasteiger partial charge in [-0.1, -0.05) is 51.8 Å². The molecule has 0 bridgehead atoms. The normalized spacial score (nSPS) is 24.9. The summed E-state index contributed by atoms with van der Waals surface area (Å²) in [6.07, 6.45) is -6.99. The van der Waals surface area contributed by atoms with Crippen molar-refractivity contribution >= 4 is 56.6 Å². The summed E-state index contributed by atoms with van der Waals surface area (Å²) in [5.74, 6) is -2.64. The van der Waals surface area contributed by atoms with Crippen molar-refractivity contribution in [1.29, 1.82) is 0 Å². The maximum absolute atomic E-state index is 14.6. The molecule has 4 fully saturated rings. The maximum Gasteiger partial charge on any atom is 0.428 e. The van der Waals surface area contributed by atoms with Gasteiger partial charge in [-0.15, -0.1) is 0 Å². The Bertz CT molecular complexity index is 2020. The molecule has 1 saturated heterocycles. The van der Waals surface area contributed by atoms with E-state index in [1.807, 2.05) is 4.72 Å². The van der Waals surface area contributed by atoms with E-state index in [-0.39, 0.29) is 44.0 Å². The summed E-state index contributed by atoms with van der Waals surface area (Å²) in [5.41, 5.74) is -5.08. The van der Waals surface area contributed by atoms with Crippen molar-refractivity contribution in [3.05, 3.63) is 29.3 Å². The van der Waals surface area contributed by atoms with Gasteiger partial charge in [-0.3, -0.25) is 18.6 Å². The van der Waals surface area contributed by atoms with Crippen LogP contribution in [0.25, 0.3) is 10.9 Å². The number of hydrogen-bond donors (Lipinski definition) is 3. The quantitative estimate of drug-likeness (QED) is 0.230. The SMILES string of the molecule is CCOc1cc(OC2CC(C(=O)NC3(C(=O)NS(=O)(=O)OC4CC4)CC3CC)N(C(=O)C(NC(=O)OC3(C(F)(F)F)CCC3)C(C)(C)C)C2)c2cccc(Cl)c2n1. The van der Waals surface area contributed by atoms with Gasteiger partial charge >= 0.3 is 22.6 Å². The first-order chi connectivity index (χ1) is 26.6. The predicted molar refractivity (Wildman–Crippen MR) is 198 cm³/mol. The Morgan fingerprint density at radius 1 is 1.09 bits per heavy atom. The lowest BCUT2D eigenvalue weighted by Crippen LogP contribution is -2.61. The number of carbonyl (C=O) groups excluding carboxylic acids is 4. The summed E-state index contributed by atoms with van der Waals surface area (Å²) < 4.78 is 90.9. The van der Waals surface area contributed by atoms with Crippen molar-refractivity contribution in [3.63, 3.8) is 0 Å². The van der Waals surface area contributed by atoms with Crippen LogP contribution in [0.2, 0.25) is 5.02 Å². The molecule has 314 valence electrons. The van der Waals surface area contributed by atoms with Crippen molar-refractivity contribution < 1.29 is 59.2 Å². The van der Waals surface area contributed by atoms with Gasteiger partial charge in [-0.25, -0.2) is 14.5 Å². The largest absolute Gasteiger partial charge is 0.488 e. The highest BCUT2D eigenvalue weighted by Gasteiger charge is 2.63. The molecule has 3 saturated carbocycles. The number of hydrogen-bond acceptors (Lipinski definition) is 11. The first-order valence-corrected chi connectivity index (χ1v) is 20.7. The second-order valence-corrected chi connectivity index (χ2v) is 17.9. The van der Waals surface area contributed by atoms with E-state index in [4.69, 9.17) is 30.0 Å². The molecule has 0 spiro atoms. The number of amides is 4. The van der Waals surface area contributed by atoms with Gasteiger partial charge in [0.1, 0.15) is 29.5 Å². The third kappa shape index (κ3) is 8.99. The fourth-order valence-corrected chi connectivity index (χ4v) is 8.53. The van der Waals surface area contributed by atoms with Crippen LogP contribution in [0.5, 0.6) is 11.6 Å². The van der Waals surface area contributed by atoms with Crippen molar-refractivity contribution in [2.24, 2.45) is 11.3 Å². The fraction of sp³-hybridized carbons (Fsp3) is 0.649. The molecule has 1 aromatic heterocycles. The van der Waals surface area contributed by atoms with E-state index in [0.29, 0.717) is 35.2 Å². The summed E-state index contributed by atoms with van der Waals surface area (Å²) >= 11 is 6.46. The van der Waals surface area contributed by atoms with Crippen molar-refractivity contribution in [2.75, 3.05) is 13.2 Å². The lowest BCUT2D eigenvalue weighted by atomic mass is 9.79. The van der Waals surface area contributed by atoms with Crippen LogP contribution in [0.3, 0.4) is 0 Å². The number of nitrogens with one attached hydrogen (secondary N) is 3. The molecule has 2 heterocycles. The van der Waals surface area contributed by atoms with Gasteiger partial charge in [0.2, 0.25) is 23.3 Å². The number of para-hydroxylation sites is 1. The first-order valence-electron chi connectivity index (χ1n) is 18.9. The molecule has 4 amide bonds. The number of fused-ring (bicyclic) bond motifs is 1. The van der Waals surface area contributed by atoms with E-state index in [9.17, 15) is 40.8 Å². The van der Waals surface area contributed by atoms with Gasteiger partial charge in [-0.2, -0.15) is 21.6 Å². The molecule has 2 aromatic rings. The van der Waals surface area contributed by atoms with E-state index >= 15 is 0 Å². The molecule has 6 rings (SSSR count). The lowest BCUT2D eigenvalue weighted by Gasteiger charge is -2.42. The first kappa shape index (κ1) is 42.5. The third-order valence-electron chi connectivity index (χ3n) is 10.9. The smallest absolute Gasteiger partial charge is 0.428 e. The van der Waals surface area contributed by atoms with Crippen molar-refractivity contribution in [1.82, 2.24) is 25.2 Å². The highest BCUT2D eigenvalue weighted by molar-refractivity contribution is 7.85. The standard InChI is InChI=1S/C37H47ClF3N5O10S/c1-6-20-18-36(20,32(49)45-57(51,52)56-21-12-13-21)44-30(47)25-16-22(54-26-17-27(53-7-2)42-28-23(26)10-8-11-24(28)38)19-46(25)31(48)29(34(3,4)5)43-33(50)55-35(14-9-15-35)37(39,40)41/h8,10-11,17,20-22,25,29H,6-7,9,12-16,18-19H2,1-5H3,(H,43,50)(H,44,47)(H,45,49). The second-order valence-electron chi connectivity index (χ2n) is 16.1. The Labute approximate surface area is 333 Å². The molecule has 0 radical (unpaired) electrons. The van der Waals surface area contributed by atoms with Crippen LogP contribution in [0.4, 0.5) is 18.0 Å². The topological polar surface area (TPSA) is 192 Å². The zero-order valence-corrected chi connectivity index (χ0v) is 33.7. The van der Waals surface area contributed by atoms with Gasteiger partial charge in [0, 0.05) is 17.9 Å². The Kier molecular flexibility index (Phi) is 11.6. The zero-order chi connectivity index (χ0) is 41.7. The Balaban J connectivity index is 1.30. The Morgan fingerprint density at radius 3 is 2.35 bits per heavy atom. The van der Waals surface area contributed by atoms with Crippen LogP contribution < -0.4 is 24.8 Å². The van der Waals surface area contributed by atoms with E-state index in [1.165, 1.54) is 6.07 Å². The van der Waals surface area contributed by atoms with Gasteiger partial charge < -0.3 is 29.7 Å². The van der Waals surface area contributed by atoms with E-state index in [0.717, 1.165) is 4.90 Å². The molecule has 1 aliphatic heterocycles. The highest BCUT2D eigenvalue weighted by Crippen LogP contribution is 2.49. The number of benzene rings is 1. The van der Waals surface area contributed by atoms with Gasteiger partial charge in [0.05, 0.1) is 29.8 Å². The second kappa shape index (κ2) is 15.6. The van der Waals surface area contributed by atoms with Gasteiger partial charge in [0.25, 0.3) is 5.91 Å². The molecule has 15 nitrogen and oxygen atoms in total. The fourth-order valence-electron chi connectivity index (χ4n) is 7.30. The predicted octanol–water partition coefficient (Wildman–Crippen LogP) is 5.09. The van der Waals surface area contributed by atoms with Crippen LogP contribution in [0.15, 0.2) is 24.3 Å². The Hall–Kier alpha value is -4.10. The maximum atomic E-state index is 14.6. The molecule has 3 aliphatic carbocycles. The minimum atomic E-state index is -4.83. The lowest BCUT2D eigenvalue weighted by molar-refractivity contribution is -0.284. The van der Waals surface area contributed by atoms with Crippen LogP contribution in [0.1, 0.15) is 86.0 Å². The number of alkyl carbamates (subject to hydrolysis) is 1. The van der Waals surface area contributed by atoms with Crippen LogP contribution in [0, 0.1) is 11.3 Å². The van der Waals surface area contributed by atoms with Crippen LogP contribution in [-0.4, -0.2) is 96.9 Å². The molecular weight excluding hydrogens is 799 g/mol. The number of likely N-dealkylation sites (tertiary alicyclic amines) is 1. The molecule has 4 aliphatic rings. The Morgan fingerprint density at radius 2 is 1.79 bits per heavy atom. The summed E-state index contributed by atoms with van der Waals surface area (Å²) in [7, 11) is -4.49. The van der Waals surface area contributed by atoms with Crippen molar-refractivity contribution in [3.8, 4) is 11.6 Å². The average Bonchev–Trinajstić information content (AvgIpc) is 4.00. The molecule has 5 atom stereocenters. The molecule has 5 unspecified atom stereocenters. The summed E-state index contributed by atoms with van der Waals surface area (Å²) in [4.78, 5) is 61.2. The number of ether oxygens (including phenoxy) is 3. The van der Waals surface area contributed by atoms with Crippen molar-refractivity contribution in [2.45, 2.75) is 128 Å². The number of halogens is 4. The van der Waals surface area contributed by atoms with E-state index in [2.05, 4.69) is 15.6 Å². The number of carbonyl (C=O) groups is 4. The van der Waals surface area contributed by atoms with Crippen LogP contribution in [-0.2, 0) is 33.6 Å². The average molecular weight is 846 g/mol. The zero-order valence-electron chi connectivity index (χ0n) is 32.2. The molecule has 1 aromatic carbocycles. The molecule has 57 heavy (non-hydrogen) atoms. The number of aromatic nitrogens is 1. The molecule has 3 N–H and O–H groups in total. The van der Waals surface area contributed by atoms with Crippen LogP contribution >= 0.6 is 11.6 Å². The monoisotopic (exact) mass is 845 g/mol. The molecule has 20 heteroatoms. The summed E-state index contributed by atoms with van der Waals surface area (Å²) in [5, 5.41) is 5.85. The van der Waals surface area contributed by atoms with E-state index in [1.54, 1.807) is 52.8 Å². The minimum absolute atomic E-state index is 0.101. The number of nitrogens with zero attached hydrogens (tertiary/aromatic N) is 2. The molecular formula is C37H47ClF3N5O10S. The minimum Gasteiger partial charge on any atom is -0.488 e. The van der Waals surface area contributed by atoms with Gasteiger partial charge in [0.15, 0.2) is 0 Å². The highest BCUT2D eigenvalue weighted by atomic mass is 35.5.